The molecule has 0 radical (unpaired) electrons. The number of hydrogen-bond donors (Lipinski definition) is 2. The van der Waals surface area contributed by atoms with Gasteiger partial charge in [-0.1, -0.05) is 34.6 Å². The van der Waals surface area contributed by atoms with E-state index in [1.807, 2.05) is 0 Å². The summed E-state index contributed by atoms with van der Waals surface area (Å²) in [6, 6.07) is 0. The number of rotatable bonds is 7. The molecule has 5 heteroatoms. The van der Waals surface area contributed by atoms with Crippen LogP contribution in [0.4, 0.5) is 0 Å². The molecule has 1 amide bonds. The summed E-state index contributed by atoms with van der Waals surface area (Å²) in [6.45, 7) is 13.3. The average molecular weight is 494 g/mol. The molecule has 4 aliphatic rings. The van der Waals surface area contributed by atoms with Gasteiger partial charge in [0.15, 0.2) is 0 Å². The Labute approximate surface area is 211 Å². The fourth-order valence-electron chi connectivity index (χ4n) is 9.82. The minimum absolute atomic E-state index is 0.0796. The quantitative estimate of drug-likeness (QED) is 0.478. The molecule has 4 saturated carbocycles. The number of aliphatic hydroxyl groups excluding tert-OH is 1. The van der Waals surface area contributed by atoms with Crippen molar-refractivity contribution < 1.29 is 14.1 Å². The van der Waals surface area contributed by atoms with Crippen LogP contribution in [0.3, 0.4) is 0 Å². The van der Waals surface area contributed by atoms with Crippen LogP contribution in [0.5, 0.6) is 0 Å². The first-order valence-corrected chi connectivity index (χ1v) is 15.8. The van der Waals surface area contributed by atoms with Crippen LogP contribution in [0.15, 0.2) is 0 Å². The van der Waals surface area contributed by atoms with Crippen LogP contribution in [0, 0.1) is 45.3 Å². The van der Waals surface area contributed by atoms with Gasteiger partial charge < -0.3 is 10.4 Å². The third-order valence-electron chi connectivity index (χ3n) is 12.8. The van der Waals surface area contributed by atoms with E-state index in [0.29, 0.717) is 46.8 Å². The van der Waals surface area contributed by atoms with Gasteiger partial charge in [0.1, 0.15) is 0 Å². The summed E-state index contributed by atoms with van der Waals surface area (Å²) in [6.07, 6.45) is 14.2. The molecule has 0 spiro atoms. The highest BCUT2D eigenvalue weighted by molar-refractivity contribution is 7.84. The topological polar surface area (TPSA) is 66.4 Å². The molecule has 4 fully saturated rings. The smallest absolute Gasteiger partial charge is 0.220 e. The molecule has 0 aliphatic heterocycles. The number of carbonyl (C=O) groups excluding carboxylic acids is 1. The molecule has 0 bridgehead atoms. The predicted molar refractivity (Wildman–Crippen MR) is 141 cm³/mol. The first kappa shape index (κ1) is 26.6. The van der Waals surface area contributed by atoms with Crippen molar-refractivity contribution in [2.24, 2.45) is 45.3 Å². The molecule has 4 nitrogen and oxygen atoms in total. The van der Waals surface area contributed by atoms with E-state index in [0.717, 1.165) is 31.1 Å². The molecule has 0 heterocycles. The van der Waals surface area contributed by atoms with E-state index < -0.39 is 10.8 Å². The number of carbonyl (C=O) groups is 1. The van der Waals surface area contributed by atoms with Crippen LogP contribution in [-0.4, -0.2) is 39.9 Å². The molecule has 0 aromatic carbocycles. The Morgan fingerprint density at radius 2 is 1.65 bits per heavy atom. The van der Waals surface area contributed by atoms with Crippen molar-refractivity contribution in [1.29, 1.82) is 0 Å². The van der Waals surface area contributed by atoms with Crippen molar-refractivity contribution in [1.82, 2.24) is 5.32 Å². The highest BCUT2D eigenvalue weighted by Crippen LogP contribution is 2.75. The number of nitrogens with one attached hydrogen (secondary N) is 1. The van der Waals surface area contributed by atoms with Crippen molar-refractivity contribution in [3.05, 3.63) is 0 Å². The van der Waals surface area contributed by atoms with Crippen molar-refractivity contribution in [3.63, 3.8) is 0 Å². The molecule has 0 aromatic rings. The van der Waals surface area contributed by atoms with Gasteiger partial charge in [-0.2, -0.15) is 0 Å². The standard InChI is InChI=1S/C29H51NO3S/c1-20(7-10-25(32)30-17-18-34(6)33)26(2)14-12-24-23-9-8-21-19-22(31)11-13-27(21,3)29(23,5)16-15-28(24,26)4/h20-24,31H,7-19H2,1-6H3,(H,30,32)/t20-,21-,22-,23+,24+,26-,27+,28+,29+,34?/m1/s1. The van der Waals surface area contributed by atoms with E-state index in [4.69, 9.17) is 0 Å². The molecule has 0 aromatic heterocycles. The first-order chi connectivity index (χ1) is 15.9. The van der Waals surface area contributed by atoms with Gasteiger partial charge in [-0.25, -0.2) is 0 Å². The maximum Gasteiger partial charge on any atom is 0.220 e. The molecule has 196 valence electrons. The number of aliphatic hydroxyl groups is 1. The summed E-state index contributed by atoms with van der Waals surface area (Å²) in [5.74, 6) is 3.46. The van der Waals surface area contributed by atoms with Crippen molar-refractivity contribution >= 4 is 16.7 Å². The molecule has 0 saturated heterocycles. The second-order valence-electron chi connectivity index (χ2n) is 13.7. The van der Waals surface area contributed by atoms with E-state index >= 15 is 0 Å². The Hall–Kier alpha value is -0.420. The summed E-state index contributed by atoms with van der Waals surface area (Å²) in [5.41, 5.74) is 1.41. The van der Waals surface area contributed by atoms with Crippen molar-refractivity contribution in [3.8, 4) is 0 Å². The molecule has 34 heavy (non-hydrogen) atoms. The summed E-state index contributed by atoms with van der Waals surface area (Å²) >= 11 is 0. The van der Waals surface area contributed by atoms with Crippen LogP contribution in [0.25, 0.3) is 0 Å². The lowest BCUT2D eigenvalue weighted by atomic mass is 9.37. The Kier molecular flexibility index (Phi) is 7.42. The van der Waals surface area contributed by atoms with Gasteiger partial charge in [0, 0.05) is 35.8 Å². The Morgan fingerprint density at radius 3 is 2.35 bits per heavy atom. The SMILES string of the molecule is C[C@H](CCC(=O)NCCS(C)=O)[C@@]1(C)CC[C@H]2[C@@H]3CC[C@@H]4C[C@H](O)CC[C@]4(C)[C@@]3(C)CC[C@@]21C. The summed E-state index contributed by atoms with van der Waals surface area (Å²) in [7, 11) is -0.855. The maximum atomic E-state index is 12.4. The second kappa shape index (κ2) is 9.47. The highest BCUT2D eigenvalue weighted by Gasteiger charge is 2.68. The molecule has 4 aliphatic carbocycles. The third kappa shape index (κ3) is 4.13. The molecular weight excluding hydrogens is 442 g/mol. The van der Waals surface area contributed by atoms with Gasteiger partial charge in [-0.15, -0.1) is 0 Å². The average Bonchev–Trinajstić information content (AvgIpc) is 3.05. The van der Waals surface area contributed by atoms with Gasteiger partial charge in [-0.05, 0) is 110 Å². The summed E-state index contributed by atoms with van der Waals surface area (Å²) in [4.78, 5) is 12.4. The zero-order valence-corrected chi connectivity index (χ0v) is 23.6. The lowest BCUT2D eigenvalue weighted by Crippen LogP contribution is -2.61. The van der Waals surface area contributed by atoms with Crippen LogP contribution in [0.2, 0.25) is 0 Å². The largest absolute Gasteiger partial charge is 0.393 e. The molecule has 4 rings (SSSR count). The lowest BCUT2D eigenvalue weighted by molar-refractivity contribution is -0.195. The molecular formula is C29H51NO3S. The molecule has 2 N–H and O–H groups in total. The van der Waals surface area contributed by atoms with Gasteiger partial charge >= 0.3 is 0 Å². The number of amides is 1. The molecule has 1 unspecified atom stereocenters. The summed E-state index contributed by atoms with van der Waals surface area (Å²) in [5, 5.41) is 13.3. The normalized spacial score (nSPS) is 47.7. The predicted octanol–water partition coefficient (Wildman–Crippen LogP) is 5.70. The fourth-order valence-corrected chi connectivity index (χ4v) is 10.2. The van der Waals surface area contributed by atoms with Crippen molar-refractivity contribution in [2.75, 3.05) is 18.6 Å². The monoisotopic (exact) mass is 493 g/mol. The highest BCUT2D eigenvalue weighted by atomic mass is 32.2. The second-order valence-corrected chi connectivity index (χ2v) is 15.2. The van der Waals surface area contributed by atoms with Gasteiger partial charge in [0.05, 0.1) is 6.10 Å². The van der Waals surface area contributed by atoms with Crippen LogP contribution >= 0.6 is 0 Å². The van der Waals surface area contributed by atoms with Crippen molar-refractivity contribution in [2.45, 2.75) is 111 Å². The Morgan fingerprint density at radius 1 is 0.971 bits per heavy atom. The van der Waals surface area contributed by atoms with E-state index in [9.17, 15) is 14.1 Å². The fraction of sp³-hybridized carbons (Fsp3) is 0.966. The molecule has 10 atom stereocenters. The number of hydrogen-bond acceptors (Lipinski definition) is 3. The Balaban J connectivity index is 1.46. The number of fused-ring (bicyclic) bond motifs is 5. The van der Waals surface area contributed by atoms with Crippen LogP contribution < -0.4 is 5.32 Å². The first-order valence-electron chi connectivity index (χ1n) is 14.1. The van der Waals surface area contributed by atoms with E-state index in [-0.39, 0.29) is 17.4 Å². The maximum absolute atomic E-state index is 12.4. The summed E-state index contributed by atoms with van der Waals surface area (Å²) < 4.78 is 11.3. The minimum atomic E-state index is -0.855. The van der Waals surface area contributed by atoms with E-state index in [1.165, 1.54) is 44.9 Å². The lowest BCUT2D eigenvalue weighted by Gasteiger charge is -2.68. The van der Waals surface area contributed by atoms with Gasteiger partial charge in [0.2, 0.25) is 5.91 Å². The third-order valence-corrected chi connectivity index (χ3v) is 13.5. The van der Waals surface area contributed by atoms with E-state index in [1.54, 1.807) is 6.26 Å². The Bertz CT molecular complexity index is 802. The van der Waals surface area contributed by atoms with Gasteiger partial charge in [0.25, 0.3) is 0 Å². The van der Waals surface area contributed by atoms with E-state index in [2.05, 4.69) is 39.9 Å². The van der Waals surface area contributed by atoms with Gasteiger partial charge in [-0.3, -0.25) is 9.00 Å². The zero-order chi connectivity index (χ0) is 24.9. The minimum Gasteiger partial charge on any atom is -0.393 e. The van der Waals surface area contributed by atoms with Crippen LogP contribution in [0.1, 0.15) is 105 Å². The van der Waals surface area contributed by atoms with Crippen LogP contribution in [-0.2, 0) is 15.6 Å². The zero-order valence-electron chi connectivity index (χ0n) is 22.8.